The van der Waals surface area contributed by atoms with Crippen LogP contribution in [0.3, 0.4) is 0 Å². The number of ether oxygens (including phenoxy) is 4. The van der Waals surface area contributed by atoms with Gasteiger partial charge in [0.05, 0.1) is 18.1 Å². The predicted octanol–water partition coefficient (Wildman–Crippen LogP) is 3.12. The second-order valence-corrected chi connectivity index (χ2v) is 9.83. The first-order valence-corrected chi connectivity index (χ1v) is 11.9. The maximum Gasteiger partial charge on any atom is 0.325 e. The zero-order valence-corrected chi connectivity index (χ0v) is 18.9. The van der Waals surface area contributed by atoms with Crippen LogP contribution in [0.1, 0.15) is 25.3 Å². The molecule has 1 fully saturated rings. The van der Waals surface area contributed by atoms with E-state index in [4.69, 9.17) is 30.5 Å². The van der Waals surface area contributed by atoms with Gasteiger partial charge in [0.2, 0.25) is 6.79 Å². The monoisotopic (exact) mass is 480 g/mol. The van der Waals surface area contributed by atoms with Crippen molar-refractivity contribution in [3.63, 3.8) is 0 Å². The number of hydrogen-bond donors (Lipinski definition) is 0. The summed E-state index contributed by atoms with van der Waals surface area (Å²) < 4.78 is 48.4. The molecule has 1 saturated carbocycles. The van der Waals surface area contributed by atoms with E-state index >= 15 is 0 Å². The Morgan fingerprint density at radius 1 is 1.00 bits per heavy atom. The molecule has 0 amide bonds. The average Bonchev–Trinajstić information content (AvgIpc) is 3.29. The van der Waals surface area contributed by atoms with Gasteiger partial charge in [-0.25, -0.2) is 8.42 Å². The Kier molecular flexibility index (Phi) is 5.81. The molecule has 0 saturated heterocycles. The van der Waals surface area contributed by atoms with Crippen LogP contribution < -0.4 is 9.47 Å². The first kappa shape index (κ1) is 22.4. The van der Waals surface area contributed by atoms with Crippen LogP contribution in [-0.2, 0) is 28.9 Å². The normalized spacial score (nSPS) is 20.5. The summed E-state index contributed by atoms with van der Waals surface area (Å²) in [4.78, 5) is 26.2. The minimum Gasteiger partial charge on any atom is -0.465 e. The highest BCUT2D eigenvalue weighted by atomic mass is 35.5. The van der Waals surface area contributed by atoms with Crippen molar-refractivity contribution in [2.45, 2.75) is 29.9 Å². The van der Waals surface area contributed by atoms with Gasteiger partial charge in [-0.2, -0.15) is 0 Å². The third-order valence-corrected chi connectivity index (χ3v) is 8.09. The summed E-state index contributed by atoms with van der Waals surface area (Å²) >= 11 is 5.91. The Morgan fingerprint density at radius 3 is 2.19 bits per heavy atom. The molecule has 0 bridgehead atoms. The number of sulfone groups is 1. The Morgan fingerprint density at radius 2 is 1.59 bits per heavy atom. The standard InChI is InChI=1S/C22H21ClO8S/c1-3-28-20(24)22(21(25)29-4-2)18(13-5-10-16-17(11-13)31-12-30-16)19(22)32(26,27)15-8-6-14(23)7-9-15/h5-11,18-19H,3-4,12H2,1-2H3/t18-,19-/m0/s1. The fourth-order valence-corrected chi connectivity index (χ4v) is 6.58. The summed E-state index contributed by atoms with van der Waals surface area (Å²) in [5.41, 5.74) is -1.61. The van der Waals surface area contributed by atoms with Gasteiger partial charge >= 0.3 is 11.9 Å². The molecule has 1 heterocycles. The lowest BCUT2D eigenvalue weighted by Crippen LogP contribution is -2.35. The second-order valence-electron chi connectivity index (χ2n) is 7.32. The molecule has 2 aliphatic rings. The first-order chi connectivity index (χ1) is 15.3. The molecule has 2 aromatic carbocycles. The van der Waals surface area contributed by atoms with Crippen molar-refractivity contribution in [2.75, 3.05) is 20.0 Å². The highest BCUT2D eigenvalue weighted by molar-refractivity contribution is 7.92. The molecule has 0 radical (unpaired) electrons. The zero-order chi connectivity index (χ0) is 23.1. The molecular formula is C22H21ClO8S. The van der Waals surface area contributed by atoms with E-state index in [2.05, 4.69) is 0 Å². The van der Waals surface area contributed by atoms with E-state index in [1.165, 1.54) is 24.3 Å². The lowest BCUT2D eigenvalue weighted by atomic mass is 9.98. The van der Waals surface area contributed by atoms with Crippen molar-refractivity contribution in [1.82, 2.24) is 0 Å². The van der Waals surface area contributed by atoms with Crippen molar-refractivity contribution in [1.29, 1.82) is 0 Å². The van der Waals surface area contributed by atoms with Crippen molar-refractivity contribution < 1.29 is 37.0 Å². The number of halogens is 1. The van der Waals surface area contributed by atoms with Crippen LogP contribution in [0.25, 0.3) is 0 Å². The highest BCUT2D eigenvalue weighted by Crippen LogP contribution is 2.66. The predicted molar refractivity (Wildman–Crippen MR) is 113 cm³/mol. The molecule has 32 heavy (non-hydrogen) atoms. The third kappa shape index (κ3) is 3.40. The number of carbonyl (C=O) groups is 2. The van der Waals surface area contributed by atoms with E-state index in [9.17, 15) is 18.0 Å². The Labute approximate surface area is 190 Å². The molecule has 10 heteroatoms. The molecule has 0 unspecified atom stereocenters. The van der Waals surface area contributed by atoms with E-state index in [1.54, 1.807) is 32.0 Å². The molecule has 4 rings (SSSR count). The summed E-state index contributed by atoms with van der Waals surface area (Å²) in [5.74, 6) is -2.02. The van der Waals surface area contributed by atoms with E-state index < -0.39 is 38.4 Å². The van der Waals surface area contributed by atoms with Crippen molar-refractivity contribution in [3.05, 3.63) is 53.1 Å². The van der Waals surface area contributed by atoms with Gasteiger partial charge in [-0.1, -0.05) is 17.7 Å². The summed E-state index contributed by atoms with van der Waals surface area (Å²) in [6.45, 7) is 3.13. The van der Waals surface area contributed by atoms with Gasteiger partial charge in [-0.15, -0.1) is 0 Å². The minimum absolute atomic E-state index is 0.0247. The van der Waals surface area contributed by atoms with Gasteiger partial charge in [0.15, 0.2) is 26.8 Å². The number of hydrogen-bond acceptors (Lipinski definition) is 8. The molecule has 0 aromatic heterocycles. The smallest absolute Gasteiger partial charge is 0.325 e. The van der Waals surface area contributed by atoms with Crippen LogP contribution in [0, 0.1) is 5.41 Å². The van der Waals surface area contributed by atoms with E-state index in [0.29, 0.717) is 22.1 Å². The lowest BCUT2D eigenvalue weighted by molar-refractivity contribution is -0.164. The number of carbonyl (C=O) groups excluding carboxylic acids is 2. The maximum absolute atomic E-state index is 13.6. The van der Waals surface area contributed by atoms with Crippen LogP contribution in [0.2, 0.25) is 5.02 Å². The highest BCUT2D eigenvalue weighted by Gasteiger charge is 2.82. The summed E-state index contributed by atoms with van der Waals surface area (Å²) in [5, 5.41) is -1.07. The Hall–Kier alpha value is -2.78. The number of esters is 2. The largest absolute Gasteiger partial charge is 0.465 e. The molecule has 1 aliphatic carbocycles. The van der Waals surface area contributed by atoms with Gasteiger partial charge in [0.1, 0.15) is 5.25 Å². The van der Waals surface area contributed by atoms with E-state index in [1.807, 2.05) is 0 Å². The maximum atomic E-state index is 13.6. The Bertz CT molecular complexity index is 1140. The molecule has 0 N–H and O–H groups in total. The number of fused-ring (bicyclic) bond motifs is 1. The average molecular weight is 481 g/mol. The summed E-state index contributed by atoms with van der Waals surface area (Å²) in [6, 6.07) is 10.4. The molecular weight excluding hydrogens is 460 g/mol. The molecule has 2 aromatic rings. The first-order valence-electron chi connectivity index (χ1n) is 10.0. The number of benzene rings is 2. The van der Waals surface area contributed by atoms with Crippen LogP contribution in [0.15, 0.2) is 47.4 Å². The van der Waals surface area contributed by atoms with Crippen LogP contribution in [-0.4, -0.2) is 45.6 Å². The molecule has 1 aliphatic heterocycles. The topological polar surface area (TPSA) is 105 Å². The van der Waals surface area contributed by atoms with Crippen LogP contribution >= 0.6 is 11.6 Å². The van der Waals surface area contributed by atoms with Gasteiger partial charge in [0, 0.05) is 10.9 Å². The van der Waals surface area contributed by atoms with Gasteiger partial charge in [-0.3, -0.25) is 9.59 Å². The SMILES string of the molecule is CCOC(=O)C1(C(=O)OCC)[C@@H](c2ccc3c(c2)OCO3)[C@@H]1S(=O)(=O)c1ccc(Cl)cc1. The third-order valence-electron chi connectivity index (χ3n) is 5.59. The zero-order valence-electron chi connectivity index (χ0n) is 17.4. The van der Waals surface area contributed by atoms with Crippen LogP contribution in [0.5, 0.6) is 11.5 Å². The summed E-state index contributed by atoms with van der Waals surface area (Å²) in [7, 11) is -4.16. The van der Waals surface area contributed by atoms with Crippen molar-refractivity contribution in [2.24, 2.45) is 5.41 Å². The Balaban J connectivity index is 1.88. The molecule has 8 nitrogen and oxygen atoms in total. The van der Waals surface area contributed by atoms with Gasteiger partial charge in [-0.05, 0) is 55.8 Å². The fourth-order valence-electron chi connectivity index (χ4n) is 4.17. The quantitative estimate of drug-likeness (QED) is 0.439. The molecule has 2 atom stereocenters. The van der Waals surface area contributed by atoms with Crippen LogP contribution in [0.4, 0.5) is 0 Å². The molecule has 170 valence electrons. The second kappa shape index (κ2) is 8.29. The van der Waals surface area contributed by atoms with Gasteiger partial charge < -0.3 is 18.9 Å². The molecule has 0 spiro atoms. The van der Waals surface area contributed by atoms with E-state index in [0.717, 1.165) is 0 Å². The van der Waals surface area contributed by atoms with Crippen molar-refractivity contribution in [3.8, 4) is 11.5 Å². The lowest BCUT2D eigenvalue weighted by Gasteiger charge is -2.15. The fraction of sp³-hybridized carbons (Fsp3) is 0.364. The van der Waals surface area contributed by atoms with E-state index in [-0.39, 0.29) is 24.9 Å². The van der Waals surface area contributed by atoms with Crippen molar-refractivity contribution >= 4 is 33.4 Å². The summed E-state index contributed by atoms with van der Waals surface area (Å²) in [6.07, 6.45) is 0. The number of rotatable bonds is 7. The van der Waals surface area contributed by atoms with Gasteiger partial charge in [0.25, 0.3) is 0 Å². The minimum atomic E-state index is -4.16.